The number of rotatable bonds is 7. The minimum Gasteiger partial charge on any atom is -0.497 e. The van der Waals surface area contributed by atoms with E-state index in [2.05, 4.69) is 5.32 Å². The van der Waals surface area contributed by atoms with Crippen molar-refractivity contribution in [1.29, 1.82) is 0 Å². The van der Waals surface area contributed by atoms with Crippen molar-refractivity contribution in [3.8, 4) is 11.5 Å². The minimum atomic E-state index is -0.102. The van der Waals surface area contributed by atoms with Crippen LogP contribution in [-0.4, -0.2) is 36.5 Å². The van der Waals surface area contributed by atoms with E-state index in [-0.39, 0.29) is 22.9 Å². The largest absolute Gasteiger partial charge is 0.497 e. The first-order valence-corrected chi connectivity index (χ1v) is 8.85. The fourth-order valence-corrected chi connectivity index (χ4v) is 3.47. The molecule has 1 saturated heterocycles. The second-order valence-corrected chi connectivity index (χ2v) is 6.97. The fourth-order valence-electron chi connectivity index (χ4n) is 2.56. The molecule has 2 aromatic carbocycles. The van der Waals surface area contributed by atoms with Crippen LogP contribution in [0.4, 0.5) is 4.79 Å². The van der Waals surface area contributed by atoms with Gasteiger partial charge < -0.3 is 14.8 Å². The van der Waals surface area contributed by atoms with Crippen molar-refractivity contribution in [3.63, 3.8) is 0 Å². The number of methoxy groups -OCH3 is 1. The monoisotopic (exact) mass is 357 g/mol. The highest BCUT2D eigenvalue weighted by molar-refractivity contribution is 8.14. The molecule has 130 valence electrons. The van der Waals surface area contributed by atoms with E-state index in [1.165, 1.54) is 11.8 Å². The number of ketones is 1. The number of ether oxygens (including phenoxy) is 2. The first-order valence-electron chi connectivity index (χ1n) is 7.97. The van der Waals surface area contributed by atoms with Crippen molar-refractivity contribution >= 4 is 22.8 Å². The maximum absolute atomic E-state index is 12.2. The van der Waals surface area contributed by atoms with Crippen molar-refractivity contribution in [2.24, 2.45) is 0 Å². The standard InChI is InChI=1S/C19H19NO4S/c1-23-16-4-2-3-14(10-16)18(21)12-24-15-7-5-13(6-8-15)9-17-11-20-19(22)25-17/h2-8,10,17H,9,11-12H2,1H3,(H,20,22). The average molecular weight is 357 g/mol. The van der Waals surface area contributed by atoms with Crippen LogP contribution in [0.15, 0.2) is 48.5 Å². The van der Waals surface area contributed by atoms with Crippen molar-refractivity contribution in [2.75, 3.05) is 20.3 Å². The lowest BCUT2D eigenvalue weighted by molar-refractivity contribution is 0.0921. The van der Waals surface area contributed by atoms with Crippen molar-refractivity contribution in [1.82, 2.24) is 5.32 Å². The van der Waals surface area contributed by atoms with E-state index in [0.717, 1.165) is 12.0 Å². The van der Waals surface area contributed by atoms with Crippen LogP contribution >= 0.6 is 11.8 Å². The van der Waals surface area contributed by atoms with Crippen LogP contribution in [0.25, 0.3) is 0 Å². The van der Waals surface area contributed by atoms with Gasteiger partial charge in [-0.2, -0.15) is 0 Å². The summed E-state index contributed by atoms with van der Waals surface area (Å²) >= 11 is 1.34. The predicted molar refractivity (Wildman–Crippen MR) is 97.7 cm³/mol. The van der Waals surface area contributed by atoms with Crippen LogP contribution in [0, 0.1) is 0 Å². The van der Waals surface area contributed by atoms with Gasteiger partial charge in [0, 0.05) is 17.4 Å². The molecule has 1 unspecified atom stereocenters. The molecule has 1 fully saturated rings. The quantitative estimate of drug-likeness (QED) is 0.770. The summed E-state index contributed by atoms with van der Waals surface area (Å²) in [5, 5.41) is 3.13. The number of carbonyl (C=O) groups excluding carboxylic acids is 2. The summed E-state index contributed by atoms with van der Waals surface area (Å²) in [6.07, 6.45) is 0.826. The third kappa shape index (κ3) is 4.76. The minimum absolute atomic E-state index is 0.0244. The summed E-state index contributed by atoms with van der Waals surface area (Å²) in [6.45, 7) is 0.681. The van der Waals surface area contributed by atoms with Gasteiger partial charge in [0.1, 0.15) is 11.5 Å². The van der Waals surface area contributed by atoms with Gasteiger partial charge in [-0.15, -0.1) is 0 Å². The molecule has 0 aromatic heterocycles. The Morgan fingerprint density at radius 2 is 2.00 bits per heavy atom. The van der Waals surface area contributed by atoms with Crippen LogP contribution in [0.2, 0.25) is 0 Å². The van der Waals surface area contributed by atoms with Gasteiger partial charge in [0.2, 0.25) is 0 Å². The molecule has 1 aliphatic heterocycles. The van der Waals surface area contributed by atoms with E-state index in [1.807, 2.05) is 24.3 Å². The zero-order chi connectivity index (χ0) is 17.6. The lowest BCUT2D eigenvalue weighted by Gasteiger charge is -2.09. The Balaban J connectivity index is 1.52. The van der Waals surface area contributed by atoms with Crippen LogP contribution < -0.4 is 14.8 Å². The predicted octanol–water partition coefficient (Wildman–Crippen LogP) is 3.32. The highest BCUT2D eigenvalue weighted by Gasteiger charge is 2.22. The molecule has 1 aliphatic rings. The molecule has 0 spiro atoms. The molecule has 1 heterocycles. The third-order valence-corrected chi connectivity index (χ3v) is 4.92. The Morgan fingerprint density at radius 1 is 1.20 bits per heavy atom. The van der Waals surface area contributed by atoms with Gasteiger partial charge in [-0.1, -0.05) is 36.0 Å². The van der Waals surface area contributed by atoms with Gasteiger partial charge in [-0.25, -0.2) is 0 Å². The van der Waals surface area contributed by atoms with E-state index in [9.17, 15) is 9.59 Å². The molecular weight excluding hydrogens is 338 g/mol. The number of benzene rings is 2. The third-order valence-electron chi connectivity index (χ3n) is 3.90. The summed E-state index contributed by atoms with van der Waals surface area (Å²) in [4.78, 5) is 23.4. The Labute approximate surface area is 150 Å². The molecule has 0 radical (unpaired) electrons. The molecule has 1 atom stereocenters. The number of hydrogen-bond donors (Lipinski definition) is 1. The van der Waals surface area contributed by atoms with E-state index < -0.39 is 0 Å². The Kier molecular flexibility index (Phi) is 5.60. The number of hydrogen-bond acceptors (Lipinski definition) is 5. The molecule has 6 heteroatoms. The first kappa shape index (κ1) is 17.4. The molecule has 0 bridgehead atoms. The molecule has 1 amide bonds. The van der Waals surface area contributed by atoms with Gasteiger partial charge in [0.05, 0.1) is 7.11 Å². The van der Waals surface area contributed by atoms with Gasteiger partial charge >= 0.3 is 0 Å². The summed E-state index contributed by atoms with van der Waals surface area (Å²) in [5.41, 5.74) is 1.70. The van der Waals surface area contributed by atoms with Crippen molar-refractivity contribution in [3.05, 3.63) is 59.7 Å². The van der Waals surface area contributed by atoms with E-state index in [1.54, 1.807) is 31.4 Å². The van der Waals surface area contributed by atoms with Gasteiger partial charge in [-0.3, -0.25) is 9.59 Å². The second kappa shape index (κ2) is 8.07. The summed E-state index contributed by atoms with van der Waals surface area (Å²) in [6, 6.07) is 14.6. The molecular formula is C19H19NO4S. The molecule has 3 rings (SSSR count). The molecule has 5 nitrogen and oxygen atoms in total. The summed E-state index contributed by atoms with van der Waals surface area (Å²) in [7, 11) is 1.57. The van der Waals surface area contributed by atoms with Crippen LogP contribution in [0.3, 0.4) is 0 Å². The lowest BCUT2D eigenvalue weighted by Crippen LogP contribution is -2.16. The normalized spacial score (nSPS) is 16.4. The van der Waals surface area contributed by atoms with E-state index in [0.29, 0.717) is 23.6 Å². The smallest absolute Gasteiger partial charge is 0.279 e. The van der Waals surface area contributed by atoms with Gasteiger partial charge in [0.15, 0.2) is 12.4 Å². The zero-order valence-corrected chi connectivity index (χ0v) is 14.7. The fraction of sp³-hybridized carbons (Fsp3) is 0.263. The van der Waals surface area contributed by atoms with Crippen LogP contribution in [-0.2, 0) is 6.42 Å². The highest BCUT2D eigenvalue weighted by atomic mass is 32.2. The molecule has 1 N–H and O–H groups in total. The first-order chi connectivity index (χ1) is 12.1. The number of Topliss-reactive ketones (excluding diaryl/α,β-unsaturated/α-hetero) is 1. The lowest BCUT2D eigenvalue weighted by atomic mass is 10.1. The second-order valence-electron chi connectivity index (χ2n) is 5.70. The Morgan fingerprint density at radius 3 is 2.68 bits per heavy atom. The molecule has 0 saturated carbocycles. The topological polar surface area (TPSA) is 64.6 Å². The summed E-state index contributed by atoms with van der Waals surface area (Å²) in [5.74, 6) is 1.19. The molecule has 0 aliphatic carbocycles. The maximum Gasteiger partial charge on any atom is 0.279 e. The van der Waals surface area contributed by atoms with Crippen molar-refractivity contribution < 1.29 is 19.1 Å². The average Bonchev–Trinajstić information content (AvgIpc) is 3.05. The van der Waals surface area contributed by atoms with Crippen LogP contribution in [0.1, 0.15) is 15.9 Å². The molecule has 2 aromatic rings. The van der Waals surface area contributed by atoms with Crippen molar-refractivity contribution in [2.45, 2.75) is 11.7 Å². The maximum atomic E-state index is 12.2. The number of carbonyl (C=O) groups is 2. The summed E-state index contributed by atoms with van der Waals surface area (Å²) < 4.78 is 10.7. The zero-order valence-electron chi connectivity index (χ0n) is 13.9. The van der Waals surface area contributed by atoms with E-state index in [4.69, 9.17) is 9.47 Å². The SMILES string of the molecule is COc1cccc(C(=O)COc2ccc(CC3CNC(=O)S3)cc2)c1. The Hall–Kier alpha value is -2.47. The number of thioether (sulfide) groups is 1. The number of nitrogens with one attached hydrogen (secondary N) is 1. The highest BCUT2D eigenvalue weighted by Crippen LogP contribution is 2.23. The number of amides is 1. The van der Waals surface area contributed by atoms with Gasteiger partial charge in [0.25, 0.3) is 5.24 Å². The van der Waals surface area contributed by atoms with Gasteiger partial charge in [-0.05, 0) is 36.2 Å². The molecule has 25 heavy (non-hydrogen) atoms. The Bertz CT molecular complexity index is 760. The van der Waals surface area contributed by atoms with E-state index >= 15 is 0 Å². The van der Waals surface area contributed by atoms with Crippen LogP contribution in [0.5, 0.6) is 11.5 Å².